The minimum absolute atomic E-state index is 0.141. The highest BCUT2D eigenvalue weighted by molar-refractivity contribution is 5.91. The number of hydrogen-bond acceptors (Lipinski definition) is 4. The molecular weight excluding hydrogens is 254 g/mol. The van der Waals surface area contributed by atoms with E-state index < -0.39 is 0 Å². The van der Waals surface area contributed by atoms with Crippen LogP contribution in [-0.2, 0) is 11.8 Å². The SMILES string of the molecule is CCOC(=O)c1ccc(-c2ccnn2C)nc1C(C)C. The Morgan fingerprint density at radius 3 is 2.65 bits per heavy atom. The fraction of sp³-hybridized carbons (Fsp3) is 0.400. The van der Waals surface area contributed by atoms with Gasteiger partial charge in [-0.3, -0.25) is 9.67 Å². The fourth-order valence-electron chi connectivity index (χ4n) is 2.06. The zero-order chi connectivity index (χ0) is 14.7. The Balaban J connectivity index is 2.48. The number of esters is 1. The predicted molar refractivity (Wildman–Crippen MR) is 76.5 cm³/mol. The van der Waals surface area contributed by atoms with E-state index in [0.717, 1.165) is 17.1 Å². The first-order valence-electron chi connectivity index (χ1n) is 6.71. The van der Waals surface area contributed by atoms with Crippen LogP contribution >= 0.6 is 0 Å². The molecule has 0 aliphatic rings. The third-order valence-electron chi connectivity index (χ3n) is 3.05. The van der Waals surface area contributed by atoms with Gasteiger partial charge in [-0.05, 0) is 31.0 Å². The molecule has 5 heteroatoms. The molecule has 5 nitrogen and oxygen atoms in total. The van der Waals surface area contributed by atoms with Crippen LogP contribution < -0.4 is 0 Å². The number of nitrogens with zero attached hydrogens (tertiary/aromatic N) is 3. The summed E-state index contributed by atoms with van der Waals surface area (Å²) in [7, 11) is 1.87. The first kappa shape index (κ1) is 14.2. The highest BCUT2D eigenvalue weighted by Crippen LogP contribution is 2.23. The molecule has 0 bridgehead atoms. The molecule has 0 radical (unpaired) electrons. The Morgan fingerprint density at radius 2 is 2.10 bits per heavy atom. The van der Waals surface area contributed by atoms with E-state index in [-0.39, 0.29) is 11.9 Å². The molecule has 0 unspecified atom stereocenters. The van der Waals surface area contributed by atoms with Crippen molar-refractivity contribution in [1.82, 2.24) is 14.8 Å². The van der Waals surface area contributed by atoms with Gasteiger partial charge in [-0.25, -0.2) is 4.79 Å². The maximum Gasteiger partial charge on any atom is 0.339 e. The van der Waals surface area contributed by atoms with Crippen molar-refractivity contribution >= 4 is 5.97 Å². The van der Waals surface area contributed by atoms with Crippen LogP contribution in [0.2, 0.25) is 0 Å². The van der Waals surface area contributed by atoms with Gasteiger partial charge in [0.05, 0.1) is 29.3 Å². The molecule has 106 valence electrons. The average molecular weight is 273 g/mol. The lowest BCUT2D eigenvalue weighted by molar-refractivity contribution is 0.0524. The Kier molecular flexibility index (Phi) is 4.17. The molecule has 0 aliphatic carbocycles. The van der Waals surface area contributed by atoms with Crippen LogP contribution in [-0.4, -0.2) is 27.3 Å². The quantitative estimate of drug-likeness (QED) is 0.804. The van der Waals surface area contributed by atoms with Gasteiger partial charge in [-0.1, -0.05) is 13.8 Å². The molecule has 2 heterocycles. The van der Waals surface area contributed by atoms with Gasteiger partial charge in [-0.15, -0.1) is 0 Å². The summed E-state index contributed by atoms with van der Waals surface area (Å²) in [5, 5.41) is 4.14. The standard InChI is InChI=1S/C15H19N3O2/c1-5-20-15(19)11-6-7-12(17-14(11)10(2)3)13-8-9-16-18(13)4/h6-10H,5H2,1-4H3. The summed E-state index contributed by atoms with van der Waals surface area (Å²) in [5.41, 5.74) is 3.01. The second kappa shape index (κ2) is 5.86. The van der Waals surface area contributed by atoms with Gasteiger partial charge < -0.3 is 4.74 Å². The normalized spacial score (nSPS) is 10.8. The molecule has 2 aromatic rings. The number of rotatable bonds is 4. The van der Waals surface area contributed by atoms with Crippen LogP contribution in [0.15, 0.2) is 24.4 Å². The predicted octanol–water partition coefficient (Wildman–Crippen LogP) is 2.78. The third-order valence-corrected chi connectivity index (χ3v) is 3.05. The van der Waals surface area contributed by atoms with Gasteiger partial charge in [0.2, 0.25) is 0 Å². The lowest BCUT2D eigenvalue weighted by Gasteiger charge is -2.13. The van der Waals surface area contributed by atoms with Crippen molar-refractivity contribution in [2.45, 2.75) is 26.7 Å². The second-order valence-electron chi connectivity index (χ2n) is 4.84. The minimum Gasteiger partial charge on any atom is -0.462 e. The highest BCUT2D eigenvalue weighted by atomic mass is 16.5. The molecule has 0 saturated carbocycles. The largest absolute Gasteiger partial charge is 0.462 e. The molecule has 2 aromatic heterocycles. The van der Waals surface area contributed by atoms with Crippen LogP contribution in [0.25, 0.3) is 11.4 Å². The molecule has 0 saturated heterocycles. The Labute approximate surface area is 118 Å². The van der Waals surface area contributed by atoms with E-state index >= 15 is 0 Å². The maximum atomic E-state index is 12.0. The minimum atomic E-state index is -0.319. The molecule has 0 fully saturated rings. The van der Waals surface area contributed by atoms with Crippen molar-refractivity contribution in [3.8, 4) is 11.4 Å². The zero-order valence-corrected chi connectivity index (χ0v) is 12.3. The smallest absolute Gasteiger partial charge is 0.339 e. The van der Waals surface area contributed by atoms with Crippen molar-refractivity contribution in [2.24, 2.45) is 7.05 Å². The van der Waals surface area contributed by atoms with Gasteiger partial charge >= 0.3 is 5.97 Å². The number of hydrogen-bond donors (Lipinski definition) is 0. The number of carbonyl (C=O) groups excluding carboxylic acids is 1. The molecule has 0 aliphatic heterocycles. The summed E-state index contributed by atoms with van der Waals surface area (Å²) in [4.78, 5) is 16.6. The van der Waals surface area contributed by atoms with Crippen LogP contribution in [0.1, 0.15) is 42.7 Å². The van der Waals surface area contributed by atoms with E-state index in [2.05, 4.69) is 10.1 Å². The number of aryl methyl sites for hydroxylation is 1. The summed E-state index contributed by atoms with van der Waals surface area (Å²) >= 11 is 0. The third kappa shape index (κ3) is 2.71. The first-order valence-corrected chi connectivity index (χ1v) is 6.71. The monoisotopic (exact) mass is 273 g/mol. The highest BCUT2D eigenvalue weighted by Gasteiger charge is 2.18. The van der Waals surface area contributed by atoms with Gasteiger partial charge in [0.25, 0.3) is 0 Å². The molecular formula is C15H19N3O2. The molecule has 0 amide bonds. The van der Waals surface area contributed by atoms with E-state index in [1.807, 2.05) is 33.0 Å². The fourth-order valence-corrected chi connectivity index (χ4v) is 2.06. The van der Waals surface area contributed by atoms with Crippen LogP contribution in [0.4, 0.5) is 0 Å². The lowest BCUT2D eigenvalue weighted by Crippen LogP contribution is -2.11. The summed E-state index contributed by atoms with van der Waals surface area (Å²) in [6.07, 6.45) is 1.73. The Morgan fingerprint density at radius 1 is 1.35 bits per heavy atom. The van der Waals surface area contributed by atoms with Crippen molar-refractivity contribution in [3.05, 3.63) is 35.7 Å². The zero-order valence-electron chi connectivity index (χ0n) is 12.3. The van der Waals surface area contributed by atoms with E-state index in [1.165, 1.54) is 0 Å². The van der Waals surface area contributed by atoms with E-state index in [9.17, 15) is 4.79 Å². The van der Waals surface area contributed by atoms with Crippen LogP contribution in [0, 0.1) is 0 Å². The van der Waals surface area contributed by atoms with Crippen LogP contribution in [0.3, 0.4) is 0 Å². The number of carbonyl (C=O) groups is 1. The van der Waals surface area contributed by atoms with Gasteiger partial charge in [-0.2, -0.15) is 5.10 Å². The summed E-state index contributed by atoms with van der Waals surface area (Å²) in [6, 6.07) is 5.51. The molecule has 0 atom stereocenters. The number of aromatic nitrogens is 3. The molecule has 0 N–H and O–H groups in total. The first-order chi connectivity index (χ1) is 9.54. The Bertz CT molecular complexity index is 617. The Hall–Kier alpha value is -2.17. The topological polar surface area (TPSA) is 57.0 Å². The number of pyridine rings is 1. The molecule has 2 rings (SSSR count). The van der Waals surface area contributed by atoms with Crippen molar-refractivity contribution in [2.75, 3.05) is 6.61 Å². The van der Waals surface area contributed by atoms with Gasteiger partial charge in [0, 0.05) is 13.2 Å². The summed E-state index contributed by atoms with van der Waals surface area (Å²) in [5.74, 6) is -0.178. The van der Waals surface area contributed by atoms with Gasteiger partial charge in [0.15, 0.2) is 0 Å². The second-order valence-corrected chi connectivity index (χ2v) is 4.84. The van der Waals surface area contributed by atoms with E-state index in [0.29, 0.717) is 12.2 Å². The molecule has 20 heavy (non-hydrogen) atoms. The van der Waals surface area contributed by atoms with Gasteiger partial charge in [0.1, 0.15) is 0 Å². The lowest BCUT2D eigenvalue weighted by atomic mass is 10.0. The van der Waals surface area contributed by atoms with Crippen molar-refractivity contribution < 1.29 is 9.53 Å². The average Bonchev–Trinajstić information content (AvgIpc) is 2.84. The molecule has 0 aromatic carbocycles. The summed E-state index contributed by atoms with van der Waals surface area (Å²) in [6.45, 7) is 6.18. The van der Waals surface area contributed by atoms with Crippen LogP contribution in [0.5, 0.6) is 0 Å². The summed E-state index contributed by atoms with van der Waals surface area (Å²) < 4.78 is 6.84. The van der Waals surface area contributed by atoms with E-state index in [1.54, 1.807) is 23.9 Å². The maximum absolute atomic E-state index is 12.0. The number of ether oxygens (including phenoxy) is 1. The van der Waals surface area contributed by atoms with E-state index in [4.69, 9.17) is 4.74 Å². The van der Waals surface area contributed by atoms with Crippen molar-refractivity contribution in [3.63, 3.8) is 0 Å². The van der Waals surface area contributed by atoms with Crippen molar-refractivity contribution in [1.29, 1.82) is 0 Å². The molecule has 0 spiro atoms.